The van der Waals surface area contributed by atoms with E-state index in [1.54, 1.807) is 48.5 Å². The number of hydrogen-bond donors (Lipinski definition) is 0. The van der Waals surface area contributed by atoms with Gasteiger partial charge in [0.25, 0.3) is 0 Å². The molecule has 0 spiro atoms. The van der Waals surface area contributed by atoms with Crippen molar-refractivity contribution in [2.24, 2.45) is 4.99 Å². The molecular formula is C25H17BrClNO5. The Balaban J connectivity index is 1.57. The summed E-state index contributed by atoms with van der Waals surface area (Å²) >= 11 is 9.83. The second-order valence-electron chi connectivity index (χ2n) is 6.93. The number of ketones is 1. The van der Waals surface area contributed by atoms with E-state index in [0.29, 0.717) is 22.4 Å². The van der Waals surface area contributed by atoms with Crippen LogP contribution in [0.4, 0.5) is 0 Å². The predicted octanol–water partition coefficient (Wildman–Crippen LogP) is 5.72. The molecule has 0 fully saturated rings. The Morgan fingerprint density at radius 2 is 1.85 bits per heavy atom. The SMILES string of the molecule is COc1cc(/C=C2\N=C(c3ccccc3Br)OC2=O)cc(Cl)c1OCC(=O)c1ccccc1. The molecule has 0 aromatic heterocycles. The first-order valence-electron chi connectivity index (χ1n) is 9.82. The molecule has 0 amide bonds. The number of ether oxygens (including phenoxy) is 3. The molecule has 0 unspecified atom stereocenters. The standard InChI is InChI=1S/C25H17BrClNO5/c1-31-22-13-15(11-19(27)23(22)32-14-21(29)16-7-3-2-4-8-16)12-20-25(30)33-24(28-20)17-9-5-6-10-18(17)26/h2-13H,14H2,1H3/b20-12-. The van der Waals surface area contributed by atoms with E-state index in [1.807, 2.05) is 24.3 Å². The number of carbonyl (C=O) groups excluding carboxylic acids is 2. The third-order valence-electron chi connectivity index (χ3n) is 4.72. The van der Waals surface area contributed by atoms with Crippen LogP contribution in [0.1, 0.15) is 21.5 Å². The zero-order chi connectivity index (χ0) is 23.4. The van der Waals surface area contributed by atoms with Crippen LogP contribution in [0.3, 0.4) is 0 Å². The average Bonchev–Trinajstić information content (AvgIpc) is 3.18. The van der Waals surface area contributed by atoms with Gasteiger partial charge >= 0.3 is 5.97 Å². The minimum atomic E-state index is -0.579. The number of benzene rings is 3. The molecule has 1 aliphatic heterocycles. The van der Waals surface area contributed by atoms with Crippen molar-refractivity contribution in [1.29, 1.82) is 0 Å². The predicted molar refractivity (Wildman–Crippen MR) is 129 cm³/mol. The molecular weight excluding hydrogens is 510 g/mol. The van der Waals surface area contributed by atoms with Crippen molar-refractivity contribution >= 4 is 51.3 Å². The highest BCUT2D eigenvalue weighted by Gasteiger charge is 2.25. The van der Waals surface area contributed by atoms with Crippen molar-refractivity contribution in [2.45, 2.75) is 0 Å². The third kappa shape index (κ3) is 5.16. The smallest absolute Gasteiger partial charge is 0.363 e. The Bertz CT molecular complexity index is 1290. The summed E-state index contributed by atoms with van der Waals surface area (Å²) in [6.45, 7) is -0.202. The Kier molecular flexibility index (Phi) is 6.91. The van der Waals surface area contributed by atoms with Gasteiger partial charge in [0.2, 0.25) is 5.90 Å². The van der Waals surface area contributed by atoms with E-state index in [1.165, 1.54) is 7.11 Å². The van der Waals surface area contributed by atoms with Gasteiger partial charge in [-0.05, 0) is 51.8 Å². The summed E-state index contributed by atoms with van der Waals surface area (Å²) in [6.07, 6.45) is 1.54. The highest BCUT2D eigenvalue weighted by molar-refractivity contribution is 9.10. The fourth-order valence-corrected chi connectivity index (χ4v) is 3.85. The Hall–Kier alpha value is -3.42. The van der Waals surface area contributed by atoms with Gasteiger partial charge < -0.3 is 14.2 Å². The zero-order valence-corrected chi connectivity index (χ0v) is 19.7. The summed E-state index contributed by atoms with van der Waals surface area (Å²) in [5.41, 5.74) is 1.87. The number of nitrogens with zero attached hydrogens (tertiary/aromatic N) is 1. The molecule has 1 aliphatic rings. The van der Waals surface area contributed by atoms with Crippen molar-refractivity contribution in [3.8, 4) is 11.5 Å². The van der Waals surface area contributed by atoms with Crippen molar-refractivity contribution in [3.05, 3.63) is 98.6 Å². The number of hydrogen-bond acceptors (Lipinski definition) is 6. The van der Waals surface area contributed by atoms with E-state index in [-0.39, 0.29) is 34.8 Å². The lowest BCUT2D eigenvalue weighted by Gasteiger charge is -2.13. The number of esters is 1. The number of aliphatic imine (C=N–C) groups is 1. The maximum absolute atomic E-state index is 12.3. The molecule has 6 nitrogen and oxygen atoms in total. The number of rotatable bonds is 7. The number of carbonyl (C=O) groups is 2. The number of cyclic esters (lactones) is 1. The largest absolute Gasteiger partial charge is 0.493 e. The van der Waals surface area contributed by atoms with Crippen molar-refractivity contribution in [2.75, 3.05) is 13.7 Å². The van der Waals surface area contributed by atoms with Crippen LogP contribution in [0, 0.1) is 0 Å². The fraction of sp³-hybridized carbons (Fsp3) is 0.0800. The molecule has 3 aromatic rings. The van der Waals surface area contributed by atoms with E-state index in [9.17, 15) is 9.59 Å². The normalized spacial score (nSPS) is 14.1. The quantitative estimate of drug-likeness (QED) is 0.224. The minimum absolute atomic E-state index is 0.117. The number of Topliss-reactive ketones (excluding diaryl/α,β-unsaturated/α-hetero) is 1. The summed E-state index contributed by atoms with van der Waals surface area (Å²) in [7, 11) is 1.46. The summed E-state index contributed by atoms with van der Waals surface area (Å²) in [6, 6.07) is 19.4. The van der Waals surface area contributed by atoms with Gasteiger partial charge in [0.05, 0.1) is 17.7 Å². The van der Waals surface area contributed by atoms with Gasteiger partial charge in [-0.1, -0.05) is 54.1 Å². The number of halogens is 2. The van der Waals surface area contributed by atoms with Gasteiger partial charge in [0.15, 0.2) is 29.6 Å². The first-order valence-corrected chi connectivity index (χ1v) is 11.0. The monoisotopic (exact) mass is 525 g/mol. The van der Waals surface area contributed by atoms with Gasteiger partial charge in [0.1, 0.15) is 0 Å². The molecule has 0 saturated heterocycles. The molecule has 0 bridgehead atoms. The van der Waals surface area contributed by atoms with Crippen LogP contribution in [-0.2, 0) is 9.53 Å². The van der Waals surface area contributed by atoms with Gasteiger partial charge in [-0.3, -0.25) is 4.79 Å². The molecule has 0 N–H and O–H groups in total. The fourth-order valence-electron chi connectivity index (χ4n) is 3.13. The third-order valence-corrected chi connectivity index (χ3v) is 5.70. The lowest BCUT2D eigenvalue weighted by atomic mass is 10.1. The number of methoxy groups -OCH3 is 1. The minimum Gasteiger partial charge on any atom is -0.493 e. The lowest BCUT2D eigenvalue weighted by Crippen LogP contribution is -2.12. The van der Waals surface area contributed by atoms with E-state index in [4.69, 9.17) is 25.8 Å². The second kappa shape index (κ2) is 10.0. The van der Waals surface area contributed by atoms with E-state index in [2.05, 4.69) is 20.9 Å². The van der Waals surface area contributed by atoms with Crippen LogP contribution in [-0.4, -0.2) is 31.4 Å². The molecule has 3 aromatic carbocycles. The lowest BCUT2D eigenvalue weighted by molar-refractivity contribution is -0.129. The maximum Gasteiger partial charge on any atom is 0.363 e. The average molecular weight is 527 g/mol. The Labute approximate surface area is 203 Å². The Morgan fingerprint density at radius 1 is 1.12 bits per heavy atom. The summed E-state index contributed by atoms with van der Waals surface area (Å²) in [5, 5.41) is 0.225. The summed E-state index contributed by atoms with van der Waals surface area (Å²) < 4.78 is 17.1. The topological polar surface area (TPSA) is 74.2 Å². The van der Waals surface area contributed by atoms with E-state index < -0.39 is 5.97 Å². The molecule has 166 valence electrons. The van der Waals surface area contributed by atoms with Crippen LogP contribution in [0.2, 0.25) is 5.02 Å². The van der Waals surface area contributed by atoms with Crippen LogP contribution in [0.5, 0.6) is 11.5 Å². The van der Waals surface area contributed by atoms with Gasteiger partial charge in [-0.15, -0.1) is 0 Å². The Morgan fingerprint density at radius 3 is 2.58 bits per heavy atom. The van der Waals surface area contributed by atoms with E-state index in [0.717, 1.165) is 4.47 Å². The maximum atomic E-state index is 12.3. The van der Waals surface area contributed by atoms with E-state index >= 15 is 0 Å². The molecule has 33 heavy (non-hydrogen) atoms. The van der Waals surface area contributed by atoms with Crippen molar-refractivity contribution in [3.63, 3.8) is 0 Å². The summed E-state index contributed by atoms with van der Waals surface area (Å²) in [4.78, 5) is 29.0. The van der Waals surface area contributed by atoms with Crippen molar-refractivity contribution < 1.29 is 23.8 Å². The molecule has 1 heterocycles. The first kappa shape index (κ1) is 22.8. The van der Waals surface area contributed by atoms with Crippen molar-refractivity contribution in [1.82, 2.24) is 0 Å². The van der Waals surface area contributed by atoms with Crippen LogP contribution in [0.15, 0.2) is 81.9 Å². The summed E-state index contributed by atoms with van der Waals surface area (Å²) in [5.74, 6) is -0.0167. The zero-order valence-electron chi connectivity index (χ0n) is 17.4. The van der Waals surface area contributed by atoms with Crippen LogP contribution in [0.25, 0.3) is 6.08 Å². The molecule has 0 radical (unpaired) electrons. The molecule has 0 aliphatic carbocycles. The first-order chi connectivity index (χ1) is 16.0. The van der Waals surface area contributed by atoms with Gasteiger partial charge in [-0.25, -0.2) is 9.79 Å². The van der Waals surface area contributed by atoms with Crippen LogP contribution < -0.4 is 9.47 Å². The van der Waals surface area contributed by atoms with Crippen LogP contribution >= 0.6 is 27.5 Å². The molecule has 0 atom stereocenters. The second-order valence-corrected chi connectivity index (χ2v) is 8.19. The van der Waals surface area contributed by atoms with Gasteiger partial charge in [-0.2, -0.15) is 0 Å². The molecule has 0 saturated carbocycles. The molecule has 8 heteroatoms. The highest BCUT2D eigenvalue weighted by atomic mass is 79.9. The highest BCUT2D eigenvalue weighted by Crippen LogP contribution is 2.37. The molecule has 4 rings (SSSR count). The van der Waals surface area contributed by atoms with Gasteiger partial charge in [0, 0.05) is 10.0 Å².